The number of nitrogens with zero attached hydrogens (tertiary/aromatic N) is 1. The van der Waals surface area contributed by atoms with Crippen LogP contribution in [-0.4, -0.2) is 31.3 Å². The van der Waals surface area contributed by atoms with E-state index in [-0.39, 0.29) is 31.1 Å². The van der Waals surface area contributed by atoms with Crippen LogP contribution in [0, 0.1) is 0 Å². The van der Waals surface area contributed by atoms with E-state index in [2.05, 4.69) is 0 Å². The summed E-state index contributed by atoms with van der Waals surface area (Å²) in [4.78, 5) is 37.1. The van der Waals surface area contributed by atoms with E-state index in [9.17, 15) is 14.4 Å². The van der Waals surface area contributed by atoms with Crippen molar-refractivity contribution in [1.82, 2.24) is 0 Å². The van der Waals surface area contributed by atoms with Crippen LogP contribution < -0.4 is 4.90 Å². The average molecular weight is 327 g/mol. The molecule has 0 aliphatic carbocycles. The molecule has 0 spiro atoms. The van der Waals surface area contributed by atoms with Crippen LogP contribution in [0.5, 0.6) is 0 Å². The van der Waals surface area contributed by atoms with E-state index < -0.39 is 5.97 Å². The Labute approximate surface area is 139 Å². The Morgan fingerprint density at radius 1 is 1.29 bits per heavy atom. The van der Waals surface area contributed by atoms with Gasteiger partial charge in [-0.1, -0.05) is 0 Å². The first-order valence-corrected chi connectivity index (χ1v) is 7.65. The molecule has 0 saturated heterocycles. The molecular weight excluding hydrogens is 310 g/mol. The largest absolute Gasteiger partial charge is 0.469 e. The van der Waals surface area contributed by atoms with Crippen LogP contribution in [0.3, 0.4) is 0 Å². The Hall–Kier alpha value is -2.89. The van der Waals surface area contributed by atoms with Crippen molar-refractivity contribution in [1.29, 1.82) is 0 Å². The number of Topliss-reactive ketones (excluding diaryl/α,β-unsaturated/α-hetero) is 1. The molecule has 1 aromatic carbocycles. The van der Waals surface area contributed by atoms with Gasteiger partial charge in [0.15, 0.2) is 12.4 Å². The highest BCUT2D eigenvalue weighted by Crippen LogP contribution is 2.28. The fourth-order valence-corrected chi connectivity index (χ4v) is 2.63. The lowest BCUT2D eigenvalue weighted by molar-refractivity contribution is -0.142. The smallest absolute Gasteiger partial charge is 0.306 e. The summed E-state index contributed by atoms with van der Waals surface area (Å²) in [7, 11) is 1.70. The topological polar surface area (TPSA) is 76.8 Å². The summed E-state index contributed by atoms with van der Waals surface area (Å²) in [6, 6.07) is 8.61. The van der Waals surface area contributed by atoms with Crippen molar-refractivity contribution in [2.45, 2.75) is 19.3 Å². The molecule has 6 heteroatoms. The monoisotopic (exact) mass is 327 g/mol. The summed E-state index contributed by atoms with van der Waals surface area (Å²) in [5, 5.41) is 0. The van der Waals surface area contributed by atoms with Gasteiger partial charge in [-0.15, -0.1) is 0 Å². The molecule has 0 fully saturated rings. The fourth-order valence-electron chi connectivity index (χ4n) is 2.63. The quantitative estimate of drug-likeness (QED) is 0.600. The van der Waals surface area contributed by atoms with Gasteiger partial charge in [0.25, 0.3) is 0 Å². The number of anilines is 1. The number of aryl methyl sites for hydroxylation is 1. The maximum absolute atomic E-state index is 12.2. The third-order valence-electron chi connectivity index (χ3n) is 4.00. The lowest BCUT2D eigenvalue weighted by Crippen LogP contribution is -2.20. The predicted molar refractivity (Wildman–Crippen MR) is 85.9 cm³/mol. The number of carbonyl (C=O) groups is 3. The summed E-state index contributed by atoms with van der Waals surface area (Å²) in [6.45, 7) is -0.306. The second-order valence-electron chi connectivity index (χ2n) is 5.64. The van der Waals surface area contributed by atoms with Crippen LogP contribution in [0.25, 0.3) is 0 Å². The number of furan rings is 1. The third kappa shape index (κ3) is 3.37. The standard InChI is InChI=1S/C18H17NO5/c1-19-15-6-4-12(9-13(15)10-17(19)21)16(20)11-24-18(22)7-5-14-3-2-8-23-14/h2-4,6,8-9H,5,7,10-11H2,1H3. The van der Waals surface area contributed by atoms with Crippen LogP contribution in [-0.2, 0) is 27.2 Å². The summed E-state index contributed by atoms with van der Waals surface area (Å²) in [5.74, 6) is -0.0355. The molecule has 1 amide bonds. The van der Waals surface area contributed by atoms with Crippen LogP contribution >= 0.6 is 0 Å². The Kier molecular flexibility index (Phi) is 4.46. The van der Waals surface area contributed by atoms with Crippen LogP contribution in [0.2, 0.25) is 0 Å². The first kappa shape index (κ1) is 16.0. The number of carbonyl (C=O) groups excluding carboxylic acids is 3. The van der Waals surface area contributed by atoms with Crippen molar-refractivity contribution in [3.63, 3.8) is 0 Å². The van der Waals surface area contributed by atoms with Crippen molar-refractivity contribution in [2.75, 3.05) is 18.6 Å². The molecule has 0 N–H and O–H groups in total. The zero-order chi connectivity index (χ0) is 17.1. The maximum Gasteiger partial charge on any atom is 0.306 e. The number of hydrogen-bond donors (Lipinski definition) is 0. The molecule has 0 bridgehead atoms. The van der Waals surface area contributed by atoms with Crippen LogP contribution in [0.15, 0.2) is 41.0 Å². The third-order valence-corrected chi connectivity index (χ3v) is 4.00. The normalized spacial score (nSPS) is 13.0. The van der Waals surface area contributed by atoms with Gasteiger partial charge in [0.05, 0.1) is 19.1 Å². The van der Waals surface area contributed by atoms with Gasteiger partial charge in [0, 0.05) is 24.7 Å². The number of esters is 1. The van der Waals surface area contributed by atoms with Crippen LogP contribution in [0.1, 0.15) is 28.1 Å². The van der Waals surface area contributed by atoms with Gasteiger partial charge in [-0.05, 0) is 35.9 Å². The second-order valence-corrected chi connectivity index (χ2v) is 5.64. The first-order valence-electron chi connectivity index (χ1n) is 7.65. The second kappa shape index (κ2) is 6.70. The summed E-state index contributed by atoms with van der Waals surface area (Å²) >= 11 is 0. The van der Waals surface area contributed by atoms with E-state index in [4.69, 9.17) is 9.15 Å². The van der Waals surface area contributed by atoms with Gasteiger partial charge < -0.3 is 14.1 Å². The molecule has 2 heterocycles. The molecular formula is C18H17NO5. The first-order chi connectivity index (χ1) is 11.5. The van der Waals surface area contributed by atoms with Gasteiger partial charge >= 0.3 is 5.97 Å². The molecule has 124 valence electrons. The van der Waals surface area contributed by atoms with Crippen molar-refractivity contribution in [3.8, 4) is 0 Å². The highest BCUT2D eigenvalue weighted by Gasteiger charge is 2.24. The molecule has 2 aromatic rings. The number of benzene rings is 1. The van der Waals surface area contributed by atoms with Crippen molar-refractivity contribution < 1.29 is 23.5 Å². The minimum atomic E-state index is -0.448. The highest BCUT2D eigenvalue weighted by atomic mass is 16.5. The summed E-state index contributed by atoms with van der Waals surface area (Å²) in [5.41, 5.74) is 2.07. The van der Waals surface area contributed by atoms with Crippen LogP contribution in [0.4, 0.5) is 5.69 Å². The number of ether oxygens (including phenoxy) is 1. The fraction of sp³-hybridized carbons (Fsp3) is 0.278. The lowest BCUT2D eigenvalue weighted by Gasteiger charge is -2.10. The van der Waals surface area contributed by atoms with E-state index in [0.717, 1.165) is 11.3 Å². The zero-order valence-electron chi connectivity index (χ0n) is 13.3. The highest BCUT2D eigenvalue weighted by molar-refractivity contribution is 6.03. The zero-order valence-corrected chi connectivity index (χ0v) is 13.3. The lowest BCUT2D eigenvalue weighted by atomic mass is 10.1. The number of hydrogen-bond acceptors (Lipinski definition) is 5. The van der Waals surface area contributed by atoms with E-state index in [1.807, 2.05) is 0 Å². The molecule has 1 aliphatic heterocycles. The van der Waals surface area contributed by atoms with Gasteiger partial charge in [0.2, 0.25) is 5.91 Å². The predicted octanol–water partition coefficient (Wildman–Crippen LogP) is 2.16. The molecule has 0 saturated carbocycles. The Balaban J connectivity index is 1.53. The minimum Gasteiger partial charge on any atom is -0.469 e. The molecule has 0 atom stereocenters. The van der Waals surface area contributed by atoms with E-state index in [1.165, 1.54) is 0 Å². The van der Waals surface area contributed by atoms with Crippen molar-refractivity contribution >= 4 is 23.3 Å². The van der Waals surface area contributed by atoms with E-state index in [0.29, 0.717) is 17.7 Å². The number of amides is 1. The number of fused-ring (bicyclic) bond motifs is 1. The van der Waals surface area contributed by atoms with Gasteiger partial charge in [-0.2, -0.15) is 0 Å². The Bertz CT molecular complexity index is 779. The average Bonchev–Trinajstić information content (AvgIpc) is 3.19. The van der Waals surface area contributed by atoms with Gasteiger partial charge in [0.1, 0.15) is 5.76 Å². The molecule has 0 unspecified atom stereocenters. The summed E-state index contributed by atoms with van der Waals surface area (Å²) in [6.07, 6.45) is 2.42. The molecule has 0 radical (unpaired) electrons. The number of ketones is 1. The summed E-state index contributed by atoms with van der Waals surface area (Å²) < 4.78 is 10.1. The minimum absolute atomic E-state index is 0.000970. The molecule has 1 aliphatic rings. The van der Waals surface area contributed by atoms with E-state index >= 15 is 0 Å². The molecule has 24 heavy (non-hydrogen) atoms. The van der Waals surface area contributed by atoms with Crippen molar-refractivity contribution in [2.24, 2.45) is 0 Å². The number of rotatable bonds is 6. The SMILES string of the molecule is CN1C(=O)Cc2cc(C(=O)COC(=O)CCc3ccco3)ccc21. The Morgan fingerprint density at radius 3 is 2.88 bits per heavy atom. The van der Waals surface area contributed by atoms with Gasteiger partial charge in [-0.3, -0.25) is 14.4 Å². The maximum atomic E-state index is 12.2. The Morgan fingerprint density at radius 2 is 2.12 bits per heavy atom. The van der Waals surface area contributed by atoms with E-state index in [1.54, 1.807) is 48.5 Å². The molecule has 3 rings (SSSR count). The molecule has 6 nitrogen and oxygen atoms in total. The molecule has 1 aromatic heterocycles. The van der Waals surface area contributed by atoms with Crippen molar-refractivity contribution in [3.05, 3.63) is 53.5 Å². The number of likely N-dealkylation sites (N-methyl/N-ethyl adjacent to an activating group) is 1. The van der Waals surface area contributed by atoms with Gasteiger partial charge in [-0.25, -0.2) is 0 Å².